The molecule has 58 valence electrons. The fourth-order valence-electron chi connectivity index (χ4n) is 0.407. The van der Waals surface area contributed by atoms with Crippen molar-refractivity contribution < 1.29 is 18.7 Å². The van der Waals surface area contributed by atoms with Gasteiger partial charge in [-0.05, 0) is 6.92 Å². The number of hydrogen-bond acceptors (Lipinski definition) is 3. The summed E-state index contributed by atoms with van der Waals surface area (Å²) in [4.78, 5) is 20.6. The molecule has 0 fully saturated rings. The summed E-state index contributed by atoms with van der Waals surface area (Å²) in [5, 5.41) is 0. The van der Waals surface area contributed by atoms with Crippen LogP contribution in [0.25, 0.3) is 0 Å². The number of alkyl halides is 1. The molecule has 0 aromatic carbocycles. The van der Waals surface area contributed by atoms with Crippen LogP contribution in [0.3, 0.4) is 0 Å². The van der Waals surface area contributed by atoms with Crippen molar-refractivity contribution in [2.45, 2.75) is 13.3 Å². The van der Waals surface area contributed by atoms with E-state index in [1.54, 1.807) is 0 Å². The van der Waals surface area contributed by atoms with Crippen molar-refractivity contribution in [2.75, 3.05) is 13.3 Å². The lowest BCUT2D eigenvalue weighted by Gasteiger charge is -1.97. The summed E-state index contributed by atoms with van der Waals surface area (Å²) in [6, 6.07) is 0. The third-order valence-electron chi connectivity index (χ3n) is 0.733. The van der Waals surface area contributed by atoms with Crippen molar-refractivity contribution in [3.63, 3.8) is 0 Å². The molecule has 0 rings (SSSR count). The van der Waals surface area contributed by atoms with Gasteiger partial charge in [0.15, 0.2) is 0 Å². The number of esters is 1. The maximum Gasteiger partial charge on any atom is 0.313 e. The normalized spacial score (nSPS) is 9.00. The Bertz CT molecular complexity index is 133. The zero-order valence-corrected chi connectivity index (χ0v) is 5.72. The number of Topliss-reactive ketones (excluding diaryl/α,β-unsaturated/α-hetero) is 1. The topological polar surface area (TPSA) is 43.4 Å². The van der Waals surface area contributed by atoms with E-state index in [2.05, 4.69) is 4.74 Å². The lowest BCUT2D eigenvalue weighted by molar-refractivity contribution is -0.146. The molecular formula is C6H9FO3. The highest BCUT2D eigenvalue weighted by Crippen LogP contribution is 1.87. The van der Waals surface area contributed by atoms with Crippen LogP contribution in [0, 0.1) is 0 Å². The monoisotopic (exact) mass is 148 g/mol. The van der Waals surface area contributed by atoms with Gasteiger partial charge in [0, 0.05) is 0 Å². The first-order valence-corrected chi connectivity index (χ1v) is 2.88. The molecule has 0 aliphatic carbocycles. The minimum Gasteiger partial charge on any atom is -0.463 e. The van der Waals surface area contributed by atoms with Crippen LogP contribution in [0.1, 0.15) is 13.3 Å². The van der Waals surface area contributed by atoms with Crippen LogP contribution in [-0.4, -0.2) is 25.0 Å². The van der Waals surface area contributed by atoms with Crippen LogP contribution < -0.4 is 0 Å². The van der Waals surface area contributed by atoms with Crippen LogP contribution in [0.4, 0.5) is 4.39 Å². The summed E-state index contributed by atoms with van der Waals surface area (Å²) in [6.45, 7) is 0.312. The third kappa shape index (κ3) is 5.21. The van der Waals surface area contributed by atoms with Crippen molar-refractivity contribution >= 4 is 11.8 Å². The zero-order chi connectivity index (χ0) is 7.98. The molecule has 0 aliphatic rings. The zero-order valence-electron chi connectivity index (χ0n) is 5.72. The molecule has 0 saturated heterocycles. The molecule has 0 bridgehead atoms. The fraction of sp³-hybridized carbons (Fsp3) is 0.667. The van der Waals surface area contributed by atoms with E-state index in [0.29, 0.717) is 0 Å². The smallest absolute Gasteiger partial charge is 0.313 e. The van der Waals surface area contributed by atoms with Crippen LogP contribution in [0.15, 0.2) is 0 Å². The van der Waals surface area contributed by atoms with Gasteiger partial charge in [-0.3, -0.25) is 9.59 Å². The van der Waals surface area contributed by atoms with Crippen molar-refractivity contribution in [1.82, 2.24) is 0 Å². The maximum atomic E-state index is 11.3. The van der Waals surface area contributed by atoms with Gasteiger partial charge in [0.25, 0.3) is 0 Å². The Labute approximate surface area is 58.2 Å². The van der Waals surface area contributed by atoms with Gasteiger partial charge >= 0.3 is 5.97 Å². The van der Waals surface area contributed by atoms with Crippen LogP contribution in [0.2, 0.25) is 0 Å². The summed E-state index contributed by atoms with van der Waals surface area (Å²) < 4.78 is 15.6. The molecule has 3 nitrogen and oxygen atoms in total. The predicted octanol–water partition coefficient (Wildman–Crippen LogP) is 0.478. The average Bonchev–Trinajstić information content (AvgIpc) is 1.82. The molecule has 0 heterocycles. The Morgan fingerprint density at radius 2 is 2.10 bits per heavy atom. The molecule has 4 heteroatoms. The average molecular weight is 148 g/mol. The van der Waals surface area contributed by atoms with E-state index < -0.39 is 12.6 Å². The van der Waals surface area contributed by atoms with E-state index in [1.807, 2.05) is 0 Å². The predicted molar refractivity (Wildman–Crippen MR) is 32.2 cm³/mol. The number of carbonyl (C=O) groups excluding carboxylic acids is 2. The van der Waals surface area contributed by atoms with Crippen molar-refractivity contribution in [3.8, 4) is 0 Å². The summed E-state index contributed by atoms with van der Waals surface area (Å²) >= 11 is 0. The van der Waals surface area contributed by atoms with Crippen LogP contribution in [0.5, 0.6) is 0 Å². The lowest BCUT2D eigenvalue weighted by Crippen LogP contribution is -2.10. The molecule has 0 N–H and O–H groups in total. The molecule has 0 unspecified atom stereocenters. The Balaban J connectivity index is 3.35. The summed E-state index contributed by atoms with van der Waals surface area (Å²) in [7, 11) is 0. The van der Waals surface area contributed by atoms with Gasteiger partial charge in [-0.15, -0.1) is 0 Å². The van der Waals surface area contributed by atoms with Gasteiger partial charge < -0.3 is 4.74 Å². The van der Waals surface area contributed by atoms with Gasteiger partial charge in [0.05, 0.1) is 0 Å². The molecule has 10 heavy (non-hydrogen) atoms. The van der Waals surface area contributed by atoms with E-state index in [4.69, 9.17) is 0 Å². The van der Waals surface area contributed by atoms with E-state index in [9.17, 15) is 14.0 Å². The number of ether oxygens (including phenoxy) is 1. The van der Waals surface area contributed by atoms with Gasteiger partial charge in [-0.1, -0.05) is 0 Å². The minimum atomic E-state index is -0.705. The molecule has 0 aromatic heterocycles. The minimum absolute atomic E-state index is 0.258. The summed E-state index contributed by atoms with van der Waals surface area (Å²) in [5.74, 6) is -0.936. The third-order valence-corrected chi connectivity index (χ3v) is 0.733. The Morgan fingerprint density at radius 1 is 1.50 bits per heavy atom. The molecule has 0 saturated carbocycles. The van der Waals surface area contributed by atoms with Crippen LogP contribution in [-0.2, 0) is 14.3 Å². The van der Waals surface area contributed by atoms with Gasteiger partial charge in [-0.2, -0.15) is 0 Å². The van der Waals surface area contributed by atoms with Crippen molar-refractivity contribution in [1.29, 1.82) is 0 Å². The number of ketones is 1. The van der Waals surface area contributed by atoms with Gasteiger partial charge in [0.2, 0.25) is 0 Å². The molecule has 0 aromatic rings. The summed E-state index contributed by atoms with van der Waals surface area (Å²) in [5.41, 5.74) is 0. The van der Waals surface area contributed by atoms with Gasteiger partial charge in [0.1, 0.15) is 25.5 Å². The lowest BCUT2D eigenvalue weighted by atomic mass is 10.3. The van der Waals surface area contributed by atoms with E-state index in [-0.39, 0.29) is 18.8 Å². The first-order chi connectivity index (χ1) is 4.66. The number of rotatable bonds is 4. The number of hydrogen-bond donors (Lipinski definition) is 0. The van der Waals surface area contributed by atoms with Gasteiger partial charge in [-0.25, -0.2) is 4.39 Å². The highest BCUT2D eigenvalue weighted by Gasteiger charge is 2.04. The van der Waals surface area contributed by atoms with Crippen molar-refractivity contribution in [2.24, 2.45) is 0 Å². The summed E-state index contributed by atoms with van der Waals surface area (Å²) in [6.07, 6.45) is -0.264. The molecule has 0 atom stereocenters. The van der Waals surface area contributed by atoms with E-state index in [0.717, 1.165) is 0 Å². The highest BCUT2D eigenvalue weighted by atomic mass is 19.1. The molecule has 0 aliphatic heterocycles. The Hall–Kier alpha value is -0.930. The standard InChI is InChI=1S/C6H9FO3/c1-5(8)4-6(9)10-3-2-7/h2-4H2,1H3. The molecule has 0 amide bonds. The second kappa shape index (κ2) is 4.90. The maximum absolute atomic E-state index is 11.3. The molecule has 0 radical (unpaired) electrons. The first kappa shape index (κ1) is 9.07. The SMILES string of the molecule is CC(=O)CC(=O)OCCF. The Morgan fingerprint density at radius 3 is 2.50 bits per heavy atom. The fourth-order valence-corrected chi connectivity index (χ4v) is 0.407. The quantitative estimate of drug-likeness (QED) is 0.430. The number of halogens is 1. The Kier molecular flexibility index (Phi) is 4.45. The molecule has 0 spiro atoms. The van der Waals surface area contributed by atoms with Crippen LogP contribution >= 0.6 is 0 Å². The second-order valence-electron chi connectivity index (χ2n) is 1.79. The largest absolute Gasteiger partial charge is 0.463 e. The van der Waals surface area contributed by atoms with E-state index in [1.165, 1.54) is 6.92 Å². The van der Waals surface area contributed by atoms with E-state index >= 15 is 0 Å². The second-order valence-corrected chi connectivity index (χ2v) is 1.79. The van der Waals surface area contributed by atoms with Crippen molar-refractivity contribution in [3.05, 3.63) is 0 Å². The first-order valence-electron chi connectivity index (χ1n) is 2.88. The number of carbonyl (C=O) groups is 2. The highest BCUT2D eigenvalue weighted by molar-refractivity contribution is 5.94. The molecular weight excluding hydrogens is 139 g/mol.